The summed E-state index contributed by atoms with van der Waals surface area (Å²) in [4.78, 5) is 47.7. The highest BCUT2D eigenvalue weighted by Gasteiger charge is 2.57. The van der Waals surface area contributed by atoms with Gasteiger partial charge in [-0.15, -0.1) is 0 Å². The Bertz CT molecular complexity index is 3970. The molecule has 16 aliphatic rings. The molecule has 0 bridgehead atoms. The van der Waals surface area contributed by atoms with E-state index < -0.39 is 48.8 Å². The summed E-state index contributed by atoms with van der Waals surface area (Å²) >= 11 is 0. The number of esters is 4. The van der Waals surface area contributed by atoms with E-state index in [4.69, 9.17) is 18.9 Å². The Morgan fingerprint density at radius 2 is 0.485 bits per heavy atom. The monoisotopic (exact) mass is 1830 g/mol. The van der Waals surface area contributed by atoms with Crippen LogP contribution in [0.5, 0.6) is 0 Å². The fourth-order valence-electron chi connectivity index (χ4n) is 28.8. The van der Waals surface area contributed by atoms with Gasteiger partial charge in [0.15, 0.2) is 0 Å². The van der Waals surface area contributed by atoms with Gasteiger partial charge in [0.25, 0.3) is 0 Å². The largest absolute Gasteiger partial charge is 0.458 e. The van der Waals surface area contributed by atoms with E-state index in [2.05, 4.69) is 184 Å². The molecule has 0 aromatic heterocycles. The molecule has 0 amide bonds. The summed E-state index contributed by atoms with van der Waals surface area (Å²) in [5.41, 5.74) is 16.6. The van der Waals surface area contributed by atoms with Gasteiger partial charge in [-0.3, -0.25) is 0 Å². The van der Waals surface area contributed by atoms with Gasteiger partial charge in [0.2, 0.25) is 0 Å². The number of carbonyl (C=O) groups excluding carboxylic acids is 4. The summed E-state index contributed by atoms with van der Waals surface area (Å²) in [6.45, 7) is 59.4. The molecule has 16 heteroatoms. The lowest BCUT2D eigenvalue weighted by Crippen LogP contribution is -2.37. The molecule has 4 saturated heterocycles. The molecule has 132 heavy (non-hydrogen) atoms. The maximum atomic E-state index is 11.9. The average molecular weight is 1830 g/mol. The molecule has 12 aliphatic carbocycles. The molecule has 0 aromatic carbocycles. The Morgan fingerprint density at radius 1 is 0.303 bits per heavy atom. The van der Waals surface area contributed by atoms with Gasteiger partial charge in [-0.05, 0) is 317 Å². The first kappa shape index (κ1) is 109. The van der Waals surface area contributed by atoms with E-state index in [0.717, 1.165) is 96.0 Å². The van der Waals surface area contributed by atoms with Crippen LogP contribution in [0.2, 0.25) is 0 Å². The summed E-state index contributed by atoms with van der Waals surface area (Å²) in [7, 11) is 0. The molecule has 0 aromatic rings. The Morgan fingerprint density at radius 3 is 0.652 bits per heavy atom. The predicted molar refractivity (Wildman–Crippen MR) is 534 cm³/mol. The summed E-state index contributed by atoms with van der Waals surface area (Å²) < 4.78 is 22.5. The number of ether oxygens (including phenoxy) is 4. The smallest absolute Gasteiger partial charge is 0.334 e. The van der Waals surface area contributed by atoms with E-state index in [1.807, 2.05) is 0 Å². The van der Waals surface area contributed by atoms with Crippen LogP contribution in [-0.4, -0.2) is 138 Å². The molecule has 0 radical (unpaired) electrons. The number of hydrogen-bond donors (Lipinski definition) is 8. The summed E-state index contributed by atoms with van der Waals surface area (Å²) in [6, 6.07) is 0. The number of hydrogen-bond acceptors (Lipinski definition) is 16. The van der Waals surface area contributed by atoms with E-state index in [1.165, 1.54) is 125 Å². The molecule has 16 rings (SSSR count). The fraction of sp³-hybridized carbons (Fsp3) is 0.690. The van der Waals surface area contributed by atoms with Gasteiger partial charge in [-0.1, -0.05) is 236 Å². The van der Waals surface area contributed by atoms with Gasteiger partial charge >= 0.3 is 23.9 Å². The summed E-state index contributed by atoms with van der Waals surface area (Å²) in [5, 5.41) is 80.9. The van der Waals surface area contributed by atoms with Gasteiger partial charge in [-0.2, -0.15) is 0 Å². The van der Waals surface area contributed by atoms with Crippen molar-refractivity contribution in [3.8, 4) is 0 Å². The van der Waals surface area contributed by atoms with E-state index in [1.54, 1.807) is 0 Å². The molecule has 4 aliphatic heterocycles. The quantitative estimate of drug-likeness (QED) is 0.0405. The molecular formula is C116H176O16. The van der Waals surface area contributed by atoms with Crippen molar-refractivity contribution in [2.45, 2.75) is 392 Å². The summed E-state index contributed by atoms with van der Waals surface area (Å²) in [5.74, 6) is 6.33. The van der Waals surface area contributed by atoms with Crippen LogP contribution < -0.4 is 0 Å². The lowest BCUT2D eigenvalue weighted by molar-refractivity contribution is -0.141. The fourth-order valence-corrected chi connectivity index (χ4v) is 28.8. The van der Waals surface area contributed by atoms with E-state index in [9.17, 15) is 60.0 Å². The van der Waals surface area contributed by atoms with Crippen molar-refractivity contribution in [3.05, 3.63) is 190 Å². The summed E-state index contributed by atoms with van der Waals surface area (Å²) in [6.07, 6.45) is 44.3. The van der Waals surface area contributed by atoms with E-state index in [-0.39, 0.29) is 123 Å². The van der Waals surface area contributed by atoms with Crippen molar-refractivity contribution >= 4 is 23.9 Å². The minimum atomic E-state index is -0.639. The van der Waals surface area contributed by atoms with Crippen molar-refractivity contribution in [2.75, 3.05) is 0 Å². The Kier molecular flexibility index (Phi) is 37.1. The van der Waals surface area contributed by atoms with Crippen molar-refractivity contribution in [3.63, 3.8) is 0 Å². The van der Waals surface area contributed by atoms with Crippen molar-refractivity contribution in [2.24, 2.45) is 116 Å². The first-order valence-electron chi connectivity index (χ1n) is 49.8. The first-order chi connectivity index (χ1) is 60.5. The lowest BCUT2D eigenvalue weighted by Gasteiger charge is -2.44. The third-order valence-corrected chi connectivity index (χ3v) is 36.9. The number of cyclic esters (lactones) is 4. The molecule has 8 N–H and O–H groups in total. The van der Waals surface area contributed by atoms with E-state index >= 15 is 0 Å². The molecule has 32 atom stereocenters. The number of aliphatic hydroxyl groups is 8. The number of fused-ring (bicyclic) bond motifs is 4. The molecule has 0 spiro atoms. The van der Waals surface area contributed by atoms with Gasteiger partial charge in [0.05, 0.1) is 48.8 Å². The van der Waals surface area contributed by atoms with Gasteiger partial charge < -0.3 is 59.8 Å². The average Bonchev–Trinajstić information content (AvgIpc) is 1.63. The number of carbonyl (C=O) groups is 4. The Labute approximate surface area is 796 Å². The van der Waals surface area contributed by atoms with Gasteiger partial charge in [0, 0.05) is 71.6 Å². The third-order valence-electron chi connectivity index (χ3n) is 36.9. The third kappa shape index (κ3) is 22.7. The topological polar surface area (TPSA) is 267 Å². The second kappa shape index (κ2) is 44.9. The van der Waals surface area contributed by atoms with Gasteiger partial charge in [0.1, 0.15) is 24.4 Å². The number of allylic oxidation sites excluding steroid dienone is 12. The SMILES string of the molecule is C.C.C.C.C=C1C(=O)OC(C[C@@H](C)[C@H]2CC[C@H]3/C(=C/C=C4/C[C@@H](O)C[C@H](O)C4=C)CCC[C@]23C)C1C.C=C1C(=O)OC(C[C@@H](C)[C@H]2CC[C@H]3/C(=C/C=C4/C[C@@H](O)C[C@H](O)C4=C)CCC[C@]23C)C1C.C=C1C(=O)OC(C[C@@H](C)[C@H]2CC[C@H]3/C(=C/C=C4/C[C@@H](O)C[C@H](O)C4=C)CCC[C@]23C)C1C.C=C1C(=O)OC(C[C@@H](C)[C@H]2CC[C@H]3/C(=C/C=C4/C[C@@H](O)C[C@H](O)C4=C)CCC[C@]23C)C1C. The first-order valence-corrected chi connectivity index (χ1v) is 49.8. The molecule has 4 heterocycles. The zero-order chi connectivity index (χ0) is 92.8. The maximum absolute atomic E-state index is 11.9. The van der Waals surface area contributed by atoms with Crippen LogP contribution in [-0.2, 0) is 38.1 Å². The normalized spacial score (nSPS) is 42.3. The maximum Gasteiger partial charge on any atom is 0.334 e. The van der Waals surface area contributed by atoms with E-state index in [0.29, 0.717) is 145 Å². The highest BCUT2D eigenvalue weighted by atomic mass is 16.6. The van der Waals surface area contributed by atoms with Crippen LogP contribution in [0.15, 0.2) is 190 Å². The molecule has 16 fully saturated rings. The molecule has 12 saturated carbocycles. The molecule has 16 nitrogen and oxygen atoms in total. The predicted octanol–water partition coefficient (Wildman–Crippen LogP) is 23.6. The highest BCUT2D eigenvalue weighted by Crippen LogP contribution is 2.65. The van der Waals surface area contributed by atoms with Crippen LogP contribution >= 0.6 is 0 Å². The van der Waals surface area contributed by atoms with Crippen LogP contribution in [0.1, 0.15) is 318 Å². The van der Waals surface area contributed by atoms with Crippen molar-refractivity contribution < 1.29 is 79.0 Å². The number of aliphatic hydroxyl groups excluding tert-OH is 8. The lowest BCUT2D eigenvalue weighted by atomic mass is 9.60. The van der Waals surface area contributed by atoms with Crippen molar-refractivity contribution in [1.29, 1.82) is 0 Å². The second-order valence-electron chi connectivity index (χ2n) is 44.5. The van der Waals surface area contributed by atoms with Gasteiger partial charge in [-0.25, -0.2) is 19.2 Å². The zero-order valence-corrected chi connectivity index (χ0v) is 79.9. The Balaban J connectivity index is 0.000000196. The van der Waals surface area contributed by atoms with Crippen LogP contribution in [0.4, 0.5) is 0 Å². The van der Waals surface area contributed by atoms with Crippen LogP contribution in [0, 0.1) is 116 Å². The minimum absolute atomic E-state index is 0. The minimum Gasteiger partial charge on any atom is -0.458 e. The zero-order valence-electron chi connectivity index (χ0n) is 79.9. The highest BCUT2D eigenvalue weighted by molar-refractivity contribution is 5.92. The van der Waals surface area contributed by atoms with Crippen LogP contribution in [0.25, 0.3) is 0 Å². The Hall–Kier alpha value is -6.60. The molecule has 736 valence electrons. The number of rotatable bonds is 16. The molecule has 8 unspecified atom stereocenters. The standard InChI is InChI=1S/4C28H40O4.4CH4/c4*1-16(13-26-17(2)18(3)27(31)32-26)23-10-11-24-20(7-6-12-28(23,24)5)8-9-21-14-22(29)15-25(30)19(21)4;;;;/h4*8-9,16-17,22-26,29-30H,3-4,6-7,10-15H2,1-2,5H3;4*1H4/b4*20-8+,21-9-;;;;/t4*16-,17?,22-,23-,24+,25+,26?,28-;;;;/m1111..../s1. The molecular weight excluding hydrogens is 1650 g/mol. The van der Waals surface area contributed by atoms with Crippen LogP contribution in [0.3, 0.4) is 0 Å². The second-order valence-corrected chi connectivity index (χ2v) is 44.5. The van der Waals surface area contributed by atoms with Crippen molar-refractivity contribution in [1.82, 2.24) is 0 Å².